The average Bonchev–Trinajstić information content (AvgIpc) is 3.30. The van der Waals surface area contributed by atoms with E-state index < -0.39 is 0 Å². The van der Waals surface area contributed by atoms with E-state index >= 15 is 0 Å². The number of anilines is 1. The van der Waals surface area contributed by atoms with Crippen molar-refractivity contribution in [1.82, 2.24) is 14.8 Å². The molecule has 0 unspecified atom stereocenters. The highest BCUT2D eigenvalue weighted by molar-refractivity contribution is 7.99. The molecule has 35 heavy (non-hydrogen) atoms. The van der Waals surface area contributed by atoms with Crippen LogP contribution in [0.2, 0.25) is 0 Å². The summed E-state index contributed by atoms with van der Waals surface area (Å²) in [7, 11) is 1.61. The van der Waals surface area contributed by atoms with Gasteiger partial charge in [0, 0.05) is 16.9 Å². The van der Waals surface area contributed by atoms with Crippen LogP contribution in [-0.4, -0.2) is 40.1 Å². The molecule has 180 valence electrons. The average molecular weight is 493 g/mol. The number of thioether (sulfide) groups is 1. The molecule has 4 rings (SSSR count). The molecular weight excluding hydrogens is 467 g/mol. The second-order valence-electron chi connectivity index (χ2n) is 7.60. The van der Waals surface area contributed by atoms with E-state index in [0.29, 0.717) is 28.8 Å². The Labute approximate surface area is 207 Å². The van der Waals surface area contributed by atoms with Crippen LogP contribution in [0.1, 0.15) is 12.5 Å². The van der Waals surface area contributed by atoms with Crippen LogP contribution in [0.25, 0.3) is 17.1 Å². The molecule has 1 aromatic heterocycles. The van der Waals surface area contributed by atoms with E-state index in [2.05, 4.69) is 15.5 Å². The van der Waals surface area contributed by atoms with Gasteiger partial charge < -0.3 is 14.8 Å². The molecular formula is C26H25FN4O3S. The SMILES string of the molecule is CCOc1ccc(-n2c(SCC(=O)Nc3ccc(C)c(F)c3)nnc2-c2ccc(OC)cc2)cc1. The molecule has 0 atom stereocenters. The number of amides is 1. The third-order valence-corrected chi connectivity index (χ3v) is 6.10. The summed E-state index contributed by atoms with van der Waals surface area (Å²) in [5.41, 5.74) is 2.60. The van der Waals surface area contributed by atoms with Gasteiger partial charge in [-0.2, -0.15) is 0 Å². The molecule has 1 heterocycles. The number of hydrogen-bond donors (Lipinski definition) is 1. The van der Waals surface area contributed by atoms with Crippen molar-refractivity contribution >= 4 is 23.4 Å². The topological polar surface area (TPSA) is 78.3 Å². The van der Waals surface area contributed by atoms with E-state index in [9.17, 15) is 9.18 Å². The third kappa shape index (κ3) is 5.81. The van der Waals surface area contributed by atoms with Gasteiger partial charge in [0.1, 0.15) is 17.3 Å². The van der Waals surface area contributed by atoms with Crippen LogP contribution in [0.3, 0.4) is 0 Å². The maximum absolute atomic E-state index is 13.8. The summed E-state index contributed by atoms with van der Waals surface area (Å²) < 4.78 is 26.5. The first-order valence-corrected chi connectivity index (χ1v) is 12.0. The largest absolute Gasteiger partial charge is 0.497 e. The minimum atomic E-state index is -0.366. The minimum Gasteiger partial charge on any atom is -0.497 e. The van der Waals surface area contributed by atoms with Crippen LogP contribution >= 0.6 is 11.8 Å². The lowest BCUT2D eigenvalue weighted by molar-refractivity contribution is -0.113. The standard InChI is InChI=1S/C26H25FN4O3S/c1-4-34-22-13-9-20(10-14-22)31-25(18-6-11-21(33-3)12-7-18)29-30-26(31)35-16-24(32)28-19-8-5-17(2)23(27)15-19/h5-15H,4,16H2,1-3H3,(H,28,32). The van der Waals surface area contributed by atoms with Gasteiger partial charge in [0.2, 0.25) is 5.91 Å². The zero-order chi connectivity index (χ0) is 24.8. The summed E-state index contributed by atoms with van der Waals surface area (Å²) in [6.07, 6.45) is 0. The molecule has 0 aliphatic heterocycles. The van der Waals surface area contributed by atoms with Crippen LogP contribution in [0, 0.1) is 12.7 Å². The lowest BCUT2D eigenvalue weighted by atomic mass is 10.2. The molecule has 4 aromatic rings. The molecule has 0 aliphatic carbocycles. The Morgan fingerprint density at radius 3 is 2.40 bits per heavy atom. The molecule has 0 bridgehead atoms. The van der Waals surface area contributed by atoms with E-state index in [0.717, 1.165) is 22.7 Å². The number of halogens is 1. The van der Waals surface area contributed by atoms with Gasteiger partial charge in [0.15, 0.2) is 11.0 Å². The van der Waals surface area contributed by atoms with Crippen LogP contribution in [-0.2, 0) is 4.79 Å². The fourth-order valence-corrected chi connectivity index (χ4v) is 4.13. The predicted octanol–water partition coefficient (Wildman–Crippen LogP) is 5.52. The van der Waals surface area contributed by atoms with Crippen molar-refractivity contribution in [3.05, 3.63) is 78.1 Å². The number of benzene rings is 3. The van der Waals surface area contributed by atoms with E-state index in [1.165, 1.54) is 17.8 Å². The summed E-state index contributed by atoms with van der Waals surface area (Å²) in [5, 5.41) is 12.0. The number of carbonyl (C=O) groups is 1. The first-order chi connectivity index (χ1) is 17.0. The fourth-order valence-electron chi connectivity index (χ4n) is 3.38. The lowest BCUT2D eigenvalue weighted by Gasteiger charge is -2.12. The number of ether oxygens (including phenoxy) is 2. The van der Waals surface area contributed by atoms with Crippen molar-refractivity contribution in [2.45, 2.75) is 19.0 Å². The monoisotopic (exact) mass is 492 g/mol. The summed E-state index contributed by atoms with van der Waals surface area (Å²) in [6.45, 7) is 4.18. The molecule has 1 N–H and O–H groups in total. The first-order valence-electron chi connectivity index (χ1n) is 11.0. The van der Waals surface area contributed by atoms with Crippen molar-refractivity contribution < 1.29 is 18.7 Å². The quantitative estimate of drug-likeness (QED) is 0.310. The van der Waals surface area contributed by atoms with E-state index in [1.54, 1.807) is 26.2 Å². The molecule has 0 saturated carbocycles. The van der Waals surface area contributed by atoms with Crippen molar-refractivity contribution in [2.75, 3.05) is 24.8 Å². The van der Waals surface area contributed by atoms with Gasteiger partial charge in [0.25, 0.3) is 0 Å². The lowest BCUT2D eigenvalue weighted by Crippen LogP contribution is -2.14. The van der Waals surface area contributed by atoms with Gasteiger partial charge in [-0.1, -0.05) is 17.8 Å². The smallest absolute Gasteiger partial charge is 0.234 e. The Morgan fingerprint density at radius 2 is 1.74 bits per heavy atom. The maximum atomic E-state index is 13.8. The van der Waals surface area contributed by atoms with Crippen LogP contribution < -0.4 is 14.8 Å². The zero-order valence-corrected chi connectivity index (χ0v) is 20.4. The number of aromatic nitrogens is 3. The molecule has 0 radical (unpaired) electrons. The summed E-state index contributed by atoms with van der Waals surface area (Å²) >= 11 is 1.24. The van der Waals surface area contributed by atoms with Gasteiger partial charge in [0.05, 0.1) is 19.5 Å². The van der Waals surface area contributed by atoms with Gasteiger partial charge in [-0.05, 0) is 80.1 Å². The number of methoxy groups -OCH3 is 1. The highest BCUT2D eigenvalue weighted by Crippen LogP contribution is 2.30. The summed E-state index contributed by atoms with van der Waals surface area (Å²) in [5.74, 6) is 1.56. The number of nitrogens with one attached hydrogen (secondary N) is 1. The second-order valence-corrected chi connectivity index (χ2v) is 8.54. The van der Waals surface area contributed by atoms with Crippen molar-refractivity contribution in [2.24, 2.45) is 0 Å². The third-order valence-electron chi connectivity index (χ3n) is 5.18. The molecule has 0 fully saturated rings. The molecule has 3 aromatic carbocycles. The predicted molar refractivity (Wildman–Crippen MR) is 135 cm³/mol. The van der Waals surface area contributed by atoms with Crippen molar-refractivity contribution in [1.29, 1.82) is 0 Å². The van der Waals surface area contributed by atoms with E-state index in [4.69, 9.17) is 9.47 Å². The Kier molecular flexibility index (Phi) is 7.67. The summed E-state index contributed by atoms with van der Waals surface area (Å²) in [6, 6.07) is 19.7. The highest BCUT2D eigenvalue weighted by Gasteiger charge is 2.18. The minimum absolute atomic E-state index is 0.0767. The van der Waals surface area contributed by atoms with E-state index in [1.807, 2.05) is 60.0 Å². The Balaban J connectivity index is 1.59. The van der Waals surface area contributed by atoms with Gasteiger partial charge in [-0.25, -0.2) is 4.39 Å². The number of hydrogen-bond acceptors (Lipinski definition) is 6. The fraction of sp³-hybridized carbons (Fsp3) is 0.192. The van der Waals surface area contributed by atoms with Crippen LogP contribution in [0.4, 0.5) is 10.1 Å². The van der Waals surface area contributed by atoms with E-state index in [-0.39, 0.29) is 17.5 Å². The maximum Gasteiger partial charge on any atom is 0.234 e. The Morgan fingerprint density at radius 1 is 1.03 bits per heavy atom. The van der Waals surface area contributed by atoms with Gasteiger partial charge in [-0.15, -0.1) is 10.2 Å². The molecule has 0 saturated heterocycles. The molecule has 9 heteroatoms. The Hall–Kier alpha value is -3.85. The molecule has 0 spiro atoms. The number of rotatable bonds is 9. The normalized spacial score (nSPS) is 10.7. The van der Waals surface area contributed by atoms with Crippen molar-refractivity contribution in [3.8, 4) is 28.6 Å². The highest BCUT2D eigenvalue weighted by atomic mass is 32.2. The molecule has 1 amide bonds. The van der Waals surface area contributed by atoms with Crippen LogP contribution in [0.5, 0.6) is 11.5 Å². The summed E-state index contributed by atoms with van der Waals surface area (Å²) in [4.78, 5) is 12.6. The number of carbonyl (C=O) groups excluding carboxylic acids is 1. The Bertz CT molecular complexity index is 1310. The zero-order valence-electron chi connectivity index (χ0n) is 19.6. The van der Waals surface area contributed by atoms with Gasteiger partial charge >= 0.3 is 0 Å². The second kappa shape index (κ2) is 11.1. The molecule has 0 aliphatic rings. The number of aryl methyl sites for hydroxylation is 1. The van der Waals surface area contributed by atoms with Crippen molar-refractivity contribution in [3.63, 3.8) is 0 Å². The molecule has 7 nitrogen and oxygen atoms in total. The first kappa shape index (κ1) is 24.3. The van der Waals surface area contributed by atoms with Gasteiger partial charge in [-0.3, -0.25) is 9.36 Å². The van der Waals surface area contributed by atoms with Crippen LogP contribution in [0.15, 0.2) is 71.9 Å². The number of nitrogens with zero attached hydrogens (tertiary/aromatic N) is 3.